The molecule has 0 aliphatic rings. The van der Waals surface area contributed by atoms with Crippen LogP contribution >= 0.6 is 11.6 Å². The SMILES string of the molecule is CCOc1c(C(=O)Oc2c(C(=O)c3ccc(S(C)(=O)=O)c(Cn4ccc(C)n4)c3Cl)cnn2C)cnn1C. The summed E-state index contributed by atoms with van der Waals surface area (Å²) in [4.78, 5) is 26.6. The van der Waals surface area contributed by atoms with E-state index in [9.17, 15) is 18.0 Å². The monoisotopic (exact) mass is 560 g/mol. The van der Waals surface area contributed by atoms with Crippen molar-refractivity contribution in [1.82, 2.24) is 29.3 Å². The molecule has 0 saturated carbocycles. The second-order valence-corrected chi connectivity index (χ2v) is 10.8. The van der Waals surface area contributed by atoms with Crippen LogP contribution in [0.5, 0.6) is 11.8 Å². The molecule has 0 bridgehead atoms. The second kappa shape index (κ2) is 10.4. The number of rotatable bonds is 9. The molecule has 0 aliphatic carbocycles. The molecular formula is C24H25ClN6O6S. The van der Waals surface area contributed by atoms with E-state index in [2.05, 4.69) is 15.3 Å². The van der Waals surface area contributed by atoms with Gasteiger partial charge in [0.15, 0.2) is 9.84 Å². The quantitative estimate of drug-likeness (QED) is 0.223. The van der Waals surface area contributed by atoms with Crippen molar-refractivity contribution in [2.45, 2.75) is 25.3 Å². The summed E-state index contributed by atoms with van der Waals surface area (Å²) < 4.78 is 40.1. The molecule has 0 fully saturated rings. The molecule has 0 N–H and O–H groups in total. The number of carbonyl (C=O) groups is 2. The summed E-state index contributed by atoms with van der Waals surface area (Å²) in [6, 6.07) is 4.41. The number of nitrogens with zero attached hydrogens (tertiary/aromatic N) is 6. The lowest BCUT2D eigenvalue weighted by atomic mass is 10.0. The van der Waals surface area contributed by atoms with Crippen LogP contribution in [0.1, 0.15) is 44.5 Å². The van der Waals surface area contributed by atoms with Crippen molar-refractivity contribution in [1.29, 1.82) is 0 Å². The van der Waals surface area contributed by atoms with Gasteiger partial charge in [-0.3, -0.25) is 9.48 Å². The lowest BCUT2D eigenvalue weighted by molar-refractivity contribution is 0.0713. The highest BCUT2D eigenvalue weighted by molar-refractivity contribution is 7.90. The summed E-state index contributed by atoms with van der Waals surface area (Å²) in [7, 11) is -0.554. The van der Waals surface area contributed by atoms with E-state index in [-0.39, 0.29) is 50.5 Å². The van der Waals surface area contributed by atoms with Gasteiger partial charge in [-0.25, -0.2) is 22.6 Å². The van der Waals surface area contributed by atoms with Gasteiger partial charge < -0.3 is 9.47 Å². The predicted molar refractivity (Wildman–Crippen MR) is 137 cm³/mol. The van der Waals surface area contributed by atoms with Crippen molar-refractivity contribution in [3.63, 3.8) is 0 Å². The first kappa shape index (κ1) is 27.1. The average Bonchev–Trinajstić information content (AvgIpc) is 3.53. The van der Waals surface area contributed by atoms with Gasteiger partial charge in [0.1, 0.15) is 11.1 Å². The van der Waals surface area contributed by atoms with Crippen molar-refractivity contribution in [3.05, 3.63) is 69.8 Å². The molecule has 0 aliphatic heterocycles. The molecule has 12 nitrogen and oxygen atoms in total. The summed E-state index contributed by atoms with van der Waals surface area (Å²) >= 11 is 6.65. The molecule has 0 radical (unpaired) electrons. The Morgan fingerprint density at radius 2 is 1.66 bits per heavy atom. The summed E-state index contributed by atoms with van der Waals surface area (Å²) in [6.45, 7) is 3.88. The minimum atomic E-state index is -3.68. The van der Waals surface area contributed by atoms with Gasteiger partial charge in [-0.2, -0.15) is 15.3 Å². The number of sulfone groups is 1. The summed E-state index contributed by atoms with van der Waals surface area (Å²) in [5.74, 6) is -1.32. The maximum Gasteiger partial charge on any atom is 0.352 e. The van der Waals surface area contributed by atoms with Crippen LogP contribution in [0.25, 0.3) is 0 Å². The molecule has 0 unspecified atom stereocenters. The minimum Gasteiger partial charge on any atom is -0.478 e. The Kier molecular flexibility index (Phi) is 7.42. The van der Waals surface area contributed by atoms with Crippen LogP contribution in [0.3, 0.4) is 0 Å². The average molecular weight is 561 g/mol. The third-order valence-electron chi connectivity index (χ3n) is 5.64. The van der Waals surface area contributed by atoms with Crippen molar-refractivity contribution >= 4 is 33.2 Å². The Morgan fingerprint density at radius 1 is 1.00 bits per heavy atom. The Hall–Kier alpha value is -3.97. The van der Waals surface area contributed by atoms with Crippen LogP contribution in [0.4, 0.5) is 0 Å². The van der Waals surface area contributed by atoms with Gasteiger partial charge >= 0.3 is 5.97 Å². The molecule has 3 heterocycles. The van der Waals surface area contributed by atoms with Crippen LogP contribution in [-0.4, -0.2) is 62.4 Å². The number of ketones is 1. The minimum absolute atomic E-state index is 0.0135. The summed E-state index contributed by atoms with van der Waals surface area (Å²) in [5.41, 5.74) is 0.984. The zero-order chi connectivity index (χ0) is 27.8. The van der Waals surface area contributed by atoms with Gasteiger partial charge in [-0.15, -0.1) is 0 Å². The third-order valence-corrected chi connectivity index (χ3v) is 7.26. The molecule has 0 saturated heterocycles. The van der Waals surface area contributed by atoms with E-state index in [1.54, 1.807) is 33.2 Å². The molecule has 1 aromatic carbocycles. The Bertz CT molecular complexity index is 1650. The fourth-order valence-corrected chi connectivity index (χ4v) is 5.15. The van der Waals surface area contributed by atoms with Gasteiger partial charge in [-0.1, -0.05) is 11.6 Å². The summed E-state index contributed by atoms with van der Waals surface area (Å²) in [6.07, 6.45) is 5.29. The van der Waals surface area contributed by atoms with Gasteiger partial charge in [0.05, 0.1) is 41.2 Å². The molecule has 0 atom stereocenters. The highest BCUT2D eigenvalue weighted by Gasteiger charge is 2.28. The first-order valence-electron chi connectivity index (χ1n) is 11.4. The van der Waals surface area contributed by atoms with Gasteiger partial charge in [-0.05, 0) is 32.0 Å². The lowest BCUT2D eigenvalue weighted by Crippen LogP contribution is -2.16. The number of halogens is 1. The molecule has 14 heteroatoms. The number of ether oxygens (including phenoxy) is 2. The van der Waals surface area contributed by atoms with Crippen molar-refractivity contribution in [3.8, 4) is 11.8 Å². The van der Waals surface area contributed by atoms with E-state index in [1.165, 1.54) is 45.6 Å². The molecule has 38 heavy (non-hydrogen) atoms. The lowest BCUT2D eigenvalue weighted by Gasteiger charge is -2.14. The highest BCUT2D eigenvalue weighted by Crippen LogP contribution is 2.32. The zero-order valence-corrected chi connectivity index (χ0v) is 22.9. The van der Waals surface area contributed by atoms with Crippen LogP contribution in [-0.2, 0) is 30.5 Å². The van der Waals surface area contributed by atoms with E-state index < -0.39 is 21.6 Å². The smallest absolute Gasteiger partial charge is 0.352 e. The van der Waals surface area contributed by atoms with Crippen LogP contribution in [0.2, 0.25) is 5.02 Å². The standard InChI is InChI=1S/C24H25ClN6O6S/c1-6-36-22-17(12-27-29(22)3)24(33)37-23-16(11-26-30(23)4)21(32)15-7-8-19(38(5,34)35)18(20(15)25)13-31-10-9-14(2)28-31/h7-12H,6,13H2,1-5H3. The third kappa shape index (κ3) is 5.20. The fourth-order valence-electron chi connectivity index (χ4n) is 3.85. The predicted octanol–water partition coefficient (Wildman–Crippen LogP) is 2.61. The van der Waals surface area contributed by atoms with E-state index in [1.807, 2.05) is 0 Å². The van der Waals surface area contributed by atoms with Crippen LogP contribution < -0.4 is 9.47 Å². The number of aryl methyl sites for hydroxylation is 3. The van der Waals surface area contributed by atoms with E-state index >= 15 is 0 Å². The van der Waals surface area contributed by atoms with Crippen LogP contribution in [0.15, 0.2) is 41.7 Å². The first-order chi connectivity index (χ1) is 17.9. The maximum absolute atomic E-state index is 13.6. The van der Waals surface area contributed by atoms with Crippen molar-refractivity contribution < 1.29 is 27.5 Å². The van der Waals surface area contributed by atoms with E-state index in [4.69, 9.17) is 21.1 Å². The van der Waals surface area contributed by atoms with Crippen LogP contribution in [0, 0.1) is 6.92 Å². The number of esters is 1. The van der Waals surface area contributed by atoms with Gasteiger partial charge in [0, 0.05) is 37.7 Å². The topological polar surface area (TPSA) is 140 Å². The second-order valence-electron chi connectivity index (χ2n) is 8.46. The maximum atomic E-state index is 13.6. The first-order valence-corrected chi connectivity index (χ1v) is 13.6. The van der Waals surface area contributed by atoms with Crippen molar-refractivity contribution in [2.75, 3.05) is 12.9 Å². The molecular weight excluding hydrogens is 536 g/mol. The Labute approximate surface area is 223 Å². The van der Waals surface area contributed by atoms with E-state index in [0.717, 1.165) is 11.9 Å². The highest BCUT2D eigenvalue weighted by atomic mass is 35.5. The number of carbonyl (C=O) groups excluding carboxylic acids is 2. The largest absolute Gasteiger partial charge is 0.478 e. The zero-order valence-electron chi connectivity index (χ0n) is 21.3. The van der Waals surface area contributed by atoms with Crippen molar-refractivity contribution in [2.24, 2.45) is 14.1 Å². The molecule has 0 spiro atoms. The number of hydrogen-bond acceptors (Lipinski definition) is 9. The van der Waals surface area contributed by atoms with E-state index in [0.29, 0.717) is 6.61 Å². The normalized spacial score (nSPS) is 11.5. The Balaban J connectivity index is 1.73. The molecule has 0 amide bonds. The number of hydrogen-bond donors (Lipinski definition) is 0. The Morgan fingerprint density at radius 3 is 2.26 bits per heavy atom. The molecule has 200 valence electrons. The molecule has 4 rings (SSSR count). The number of aromatic nitrogens is 6. The fraction of sp³-hybridized carbons (Fsp3) is 0.292. The van der Waals surface area contributed by atoms with Gasteiger partial charge in [0.25, 0.3) is 0 Å². The molecule has 3 aromatic heterocycles. The molecule has 4 aromatic rings. The summed E-state index contributed by atoms with van der Waals surface area (Å²) in [5, 5.41) is 12.3. The number of benzene rings is 1. The van der Waals surface area contributed by atoms with Gasteiger partial charge in [0.2, 0.25) is 17.5 Å².